The third kappa shape index (κ3) is 2.13. The molecule has 0 unspecified atom stereocenters. The minimum absolute atomic E-state index is 0. The smallest absolute Gasteiger partial charge is 1.00 e. The Labute approximate surface area is 55.5 Å². The van der Waals surface area contributed by atoms with Crippen LogP contribution in [0.1, 0.15) is 22.2 Å². The molecule has 52 valence electrons. The second kappa shape index (κ2) is 3.45. The van der Waals surface area contributed by atoms with Gasteiger partial charge in [0.15, 0.2) is 0 Å². The summed E-state index contributed by atoms with van der Waals surface area (Å²) in [6.07, 6.45) is 4.38. The molecule has 0 radical (unpaired) electrons. The summed E-state index contributed by atoms with van der Waals surface area (Å²) in [7, 11) is -0.671. The number of hydrogen-bond acceptors (Lipinski definition) is 0. The average Bonchev–Trinajstić information content (AvgIpc) is 1.87. The van der Waals surface area contributed by atoms with Gasteiger partial charge in [-0.05, 0) is 0 Å². The van der Waals surface area contributed by atoms with E-state index >= 15 is 0 Å². The van der Waals surface area contributed by atoms with Crippen LogP contribution in [0.4, 0.5) is 0 Å². The van der Waals surface area contributed by atoms with Crippen molar-refractivity contribution in [2.45, 2.75) is 20.8 Å². The summed E-state index contributed by atoms with van der Waals surface area (Å²) in [6, 6.07) is 0. The molecule has 0 fully saturated rings. The fraction of sp³-hybridized carbons (Fsp3) is 1.00. The second-order valence-corrected chi connectivity index (χ2v) is 8.61. The largest absolute Gasteiger partial charge is 1.00 e. The van der Waals surface area contributed by atoms with Gasteiger partial charge in [-0.1, -0.05) is 0 Å². The van der Waals surface area contributed by atoms with E-state index in [2.05, 4.69) is 27.4 Å². The van der Waals surface area contributed by atoms with Crippen molar-refractivity contribution >= 4 is 7.26 Å². The van der Waals surface area contributed by atoms with Gasteiger partial charge in [-0.3, -0.25) is 0 Å². The van der Waals surface area contributed by atoms with Gasteiger partial charge >= 0.3 is 54.6 Å². The van der Waals surface area contributed by atoms with E-state index in [4.69, 9.17) is 0 Å². The van der Waals surface area contributed by atoms with E-state index < -0.39 is 7.26 Å². The molecule has 0 aromatic rings. The van der Waals surface area contributed by atoms with Gasteiger partial charge in [0.1, 0.15) is 0 Å². The van der Waals surface area contributed by atoms with Crippen molar-refractivity contribution in [3.05, 3.63) is 0 Å². The van der Waals surface area contributed by atoms with Crippen LogP contribution in [-0.2, 0) is 0 Å². The van der Waals surface area contributed by atoms with Gasteiger partial charge in [-0.2, -0.15) is 0 Å². The molecular formula is C7H20P+. The molecule has 0 nitrogen and oxygen atoms in total. The second-order valence-electron chi connectivity index (χ2n) is 2.87. The maximum atomic E-state index is 2.49. The molecule has 0 heterocycles. The number of hydrogen-bond donors (Lipinski definition) is 0. The first kappa shape index (κ1) is 8.43. The Bertz CT molecular complexity index is 51.7. The van der Waals surface area contributed by atoms with Crippen LogP contribution in [0.25, 0.3) is 0 Å². The molecule has 0 saturated carbocycles. The summed E-state index contributed by atoms with van der Waals surface area (Å²) < 4.78 is 0. The van der Waals surface area contributed by atoms with Crippen LogP contribution in [0.3, 0.4) is 0 Å². The molecule has 0 spiro atoms. The zero-order valence-corrected chi connectivity index (χ0v) is 7.62. The van der Waals surface area contributed by atoms with Gasteiger partial charge in [-0.25, -0.2) is 0 Å². The molecule has 0 saturated heterocycles. The molecule has 0 aliphatic heterocycles. The molecule has 0 aromatic heterocycles. The van der Waals surface area contributed by atoms with Crippen molar-refractivity contribution in [1.82, 2.24) is 0 Å². The predicted octanol–water partition coefficient (Wildman–Crippen LogP) is 2.54. The van der Waals surface area contributed by atoms with E-state index in [0.717, 1.165) is 0 Å². The standard InChI is InChI=1S/C7H19P/c1-5-8(4,6-2)7-3/h8H,5-7H2,1-4H3/p+1. The van der Waals surface area contributed by atoms with E-state index in [1.165, 1.54) is 18.5 Å². The fourth-order valence-electron chi connectivity index (χ4n) is 0.750. The van der Waals surface area contributed by atoms with Crippen LogP contribution in [0.2, 0.25) is 0 Å². The summed E-state index contributed by atoms with van der Waals surface area (Å²) in [6.45, 7) is 9.49. The van der Waals surface area contributed by atoms with Gasteiger partial charge in [0.25, 0.3) is 0 Å². The van der Waals surface area contributed by atoms with Crippen molar-refractivity contribution in [3.63, 3.8) is 0 Å². The third-order valence-electron chi connectivity index (χ3n) is 2.56. The van der Waals surface area contributed by atoms with Crippen LogP contribution >= 0.6 is 7.26 Å². The average molecular weight is 135 g/mol. The zero-order chi connectivity index (χ0) is 6.62. The zero-order valence-electron chi connectivity index (χ0n) is 7.62. The number of rotatable bonds is 3. The fourth-order valence-corrected chi connectivity index (χ4v) is 2.25. The van der Waals surface area contributed by atoms with Gasteiger partial charge in [0.05, 0.1) is 0 Å². The molecule has 0 aliphatic rings. The van der Waals surface area contributed by atoms with Crippen molar-refractivity contribution in [2.24, 2.45) is 0 Å². The van der Waals surface area contributed by atoms with Crippen LogP contribution < -0.4 is 0 Å². The minimum Gasteiger partial charge on any atom is 1.00 e. The minimum atomic E-state index is -0.671. The maximum absolute atomic E-state index is 2.49. The molecule has 0 aromatic carbocycles. The summed E-state index contributed by atoms with van der Waals surface area (Å²) in [5, 5.41) is 0. The predicted molar refractivity (Wildman–Crippen MR) is 47.0 cm³/mol. The van der Waals surface area contributed by atoms with E-state index in [-0.39, 0.29) is 1.43 Å². The molecule has 0 amide bonds. The molecule has 1 heteroatoms. The Kier molecular flexibility index (Phi) is 3.64. The van der Waals surface area contributed by atoms with Crippen molar-refractivity contribution in [3.8, 4) is 0 Å². The van der Waals surface area contributed by atoms with Crippen LogP contribution in [0.15, 0.2) is 0 Å². The SMILES string of the molecule is CC[PH](C)(CC)CC.[H+]. The molecular weight excluding hydrogens is 115 g/mol. The Morgan fingerprint density at radius 2 is 1.25 bits per heavy atom. The summed E-state index contributed by atoms with van der Waals surface area (Å²) >= 11 is 0. The van der Waals surface area contributed by atoms with E-state index in [1.54, 1.807) is 0 Å². The van der Waals surface area contributed by atoms with Gasteiger partial charge in [-0.15, -0.1) is 0 Å². The first-order chi connectivity index (χ1) is 3.68. The van der Waals surface area contributed by atoms with E-state index in [1.807, 2.05) is 0 Å². The first-order valence-electron chi connectivity index (χ1n) is 3.68. The summed E-state index contributed by atoms with van der Waals surface area (Å²) in [4.78, 5) is 0. The molecule has 0 N–H and O–H groups in total. The van der Waals surface area contributed by atoms with Crippen molar-refractivity contribution in [2.75, 3.05) is 25.2 Å². The molecule has 0 aliphatic carbocycles. The van der Waals surface area contributed by atoms with Gasteiger partial charge < -0.3 is 0 Å². The molecule has 8 heavy (non-hydrogen) atoms. The van der Waals surface area contributed by atoms with Gasteiger partial charge in [0.2, 0.25) is 0 Å². The normalized spacial score (nSPS) is 14.0. The first-order valence-corrected chi connectivity index (χ1v) is 6.80. The molecule has 0 rings (SSSR count). The third-order valence-corrected chi connectivity index (χ3v) is 7.68. The van der Waals surface area contributed by atoms with Crippen molar-refractivity contribution in [1.29, 1.82) is 0 Å². The Morgan fingerprint density at radius 3 is 1.25 bits per heavy atom. The van der Waals surface area contributed by atoms with E-state index in [9.17, 15) is 0 Å². The molecule has 0 bridgehead atoms. The van der Waals surface area contributed by atoms with Crippen molar-refractivity contribution < 1.29 is 1.43 Å². The topological polar surface area (TPSA) is 0 Å². The Morgan fingerprint density at radius 1 is 1.00 bits per heavy atom. The summed E-state index contributed by atoms with van der Waals surface area (Å²) in [5.41, 5.74) is 0. The summed E-state index contributed by atoms with van der Waals surface area (Å²) in [5.74, 6) is 0. The monoisotopic (exact) mass is 135 g/mol. The van der Waals surface area contributed by atoms with Crippen LogP contribution in [-0.4, -0.2) is 25.2 Å². The quantitative estimate of drug-likeness (QED) is 0.522. The van der Waals surface area contributed by atoms with Crippen LogP contribution in [0.5, 0.6) is 0 Å². The molecule has 0 atom stereocenters. The van der Waals surface area contributed by atoms with Crippen LogP contribution in [0, 0.1) is 0 Å². The Balaban J connectivity index is 0. The van der Waals surface area contributed by atoms with Gasteiger partial charge in [0, 0.05) is 0 Å². The Hall–Kier alpha value is 0.430. The van der Waals surface area contributed by atoms with E-state index in [0.29, 0.717) is 0 Å². The maximum Gasteiger partial charge on any atom is 1.00 e.